The van der Waals surface area contributed by atoms with Gasteiger partial charge in [0.15, 0.2) is 0 Å². The van der Waals surface area contributed by atoms with Crippen molar-refractivity contribution < 1.29 is 4.74 Å². The predicted molar refractivity (Wildman–Crippen MR) is 83.3 cm³/mol. The van der Waals surface area contributed by atoms with Crippen LogP contribution in [0.2, 0.25) is 0 Å². The van der Waals surface area contributed by atoms with E-state index in [1.54, 1.807) is 7.11 Å². The number of likely N-dealkylation sites (N-methyl/N-ethyl adjacent to an activating group) is 1. The van der Waals surface area contributed by atoms with Crippen molar-refractivity contribution >= 4 is 0 Å². The van der Waals surface area contributed by atoms with E-state index in [4.69, 9.17) is 4.74 Å². The van der Waals surface area contributed by atoms with Gasteiger partial charge in [0.2, 0.25) is 0 Å². The van der Waals surface area contributed by atoms with Crippen LogP contribution >= 0.6 is 0 Å². The first-order chi connectivity index (χ1) is 8.60. The zero-order valence-corrected chi connectivity index (χ0v) is 13.8. The van der Waals surface area contributed by atoms with Gasteiger partial charge in [-0.15, -0.1) is 0 Å². The number of ether oxygens (including phenoxy) is 1. The summed E-state index contributed by atoms with van der Waals surface area (Å²) in [4.78, 5) is 0. The fourth-order valence-electron chi connectivity index (χ4n) is 2.34. The third kappa shape index (κ3) is 3.97. The Morgan fingerprint density at radius 3 is 2.11 bits per heavy atom. The lowest BCUT2D eigenvalue weighted by atomic mass is 9.82. The third-order valence-electron chi connectivity index (χ3n) is 3.63. The average Bonchev–Trinajstić information content (AvgIpc) is 2.26. The van der Waals surface area contributed by atoms with Crippen LogP contribution in [0.1, 0.15) is 51.3 Å². The average molecular weight is 263 g/mol. The molecule has 0 spiro atoms. The molecule has 0 radical (unpaired) electrons. The van der Waals surface area contributed by atoms with Crippen molar-refractivity contribution in [2.75, 3.05) is 14.2 Å². The van der Waals surface area contributed by atoms with Crippen LogP contribution in [0.25, 0.3) is 0 Å². The Labute approximate surface area is 118 Å². The van der Waals surface area contributed by atoms with Crippen LogP contribution < -0.4 is 10.1 Å². The van der Waals surface area contributed by atoms with Gasteiger partial charge in [-0.1, -0.05) is 38.5 Å². The molecule has 0 bridgehead atoms. The van der Waals surface area contributed by atoms with Crippen LogP contribution in [0.5, 0.6) is 5.75 Å². The first-order valence-electron chi connectivity index (χ1n) is 6.97. The van der Waals surface area contributed by atoms with Crippen LogP contribution in [0.3, 0.4) is 0 Å². The number of benzene rings is 1. The Balaban J connectivity index is 3.36. The Morgan fingerprint density at radius 1 is 1.11 bits per heavy atom. The van der Waals surface area contributed by atoms with Crippen molar-refractivity contribution in [1.82, 2.24) is 5.32 Å². The van der Waals surface area contributed by atoms with Gasteiger partial charge >= 0.3 is 0 Å². The Morgan fingerprint density at radius 2 is 1.68 bits per heavy atom. The van der Waals surface area contributed by atoms with Crippen LogP contribution in [0, 0.1) is 6.92 Å². The maximum Gasteiger partial charge on any atom is 0.125 e. The monoisotopic (exact) mass is 263 g/mol. The summed E-state index contributed by atoms with van der Waals surface area (Å²) in [6.07, 6.45) is 0.956. The van der Waals surface area contributed by atoms with Crippen molar-refractivity contribution in [3.05, 3.63) is 28.8 Å². The molecule has 0 aromatic heterocycles. The first kappa shape index (κ1) is 16.0. The van der Waals surface area contributed by atoms with Crippen molar-refractivity contribution in [3.63, 3.8) is 0 Å². The maximum absolute atomic E-state index is 5.72. The molecule has 0 saturated heterocycles. The molecule has 2 heteroatoms. The van der Waals surface area contributed by atoms with Crippen molar-refractivity contribution in [3.8, 4) is 5.75 Å². The van der Waals surface area contributed by atoms with E-state index in [9.17, 15) is 0 Å². The topological polar surface area (TPSA) is 21.3 Å². The summed E-state index contributed by atoms with van der Waals surface area (Å²) in [5, 5.41) is 3.36. The lowest BCUT2D eigenvalue weighted by Gasteiger charge is -2.29. The first-order valence-corrected chi connectivity index (χ1v) is 6.97. The number of nitrogens with one attached hydrogen (secondary N) is 1. The lowest BCUT2D eigenvalue weighted by Crippen LogP contribution is -2.38. The highest BCUT2D eigenvalue weighted by Crippen LogP contribution is 2.36. The summed E-state index contributed by atoms with van der Waals surface area (Å²) in [6.45, 7) is 13.3. The van der Waals surface area contributed by atoms with Crippen molar-refractivity contribution in [2.45, 2.75) is 58.9 Å². The van der Waals surface area contributed by atoms with Crippen LogP contribution in [0.15, 0.2) is 12.1 Å². The molecular weight excluding hydrogens is 234 g/mol. The number of rotatable bonds is 4. The summed E-state index contributed by atoms with van der Waals surface area (Å²) in [6, 6.07) is 4.49. The number of aryl methyl sites for hydroxylation is 1. The SMILES string of the molecule is CNC(C)(C)Cc1cc(C)cc(C(C)(C)C)c1OC. The van der Waals surface area contributed by atoms with E-state index in [0.717, 1.165) is 12.2 Å². The molecular formula is C17H29NO. The molecule has 0 unspecified atom stereocenters. The lowest BCUT2D eigenvalue weighted by molar-refractivity contribution is 0.375. The van der Waals surface area contributed by atoms with Gasteiger partial charge in [-0.05, 0) is 45.2 Å². The second-order valence-electron chi connectivity index (χ2n) is 7.07. The second-order valence-corrected chi connectivity index (χ2v) is 7.07. The molecule has 1 aromatic rings. The van der Waals surface area contributed by atoms with Crippen LogP contribution in [-0.4, -0.2) is 19.7 Å². The molecule has 0 atom stereocenters. The molecule has 0 aliphatic heterocycles. The molecule has 108 valence electrons. The minimum atomic E-state index is 0.0657. The summed E-state index contributed by atoms with van der Waals surface area (Å²) >= 11 is 0. The summed E-state index contributed by atoms with van der Waals surface area (Å²) in [5.41, 5.74) is 4.03. The van der Waals surface area contributed by atoms with Crippen molar-refractivity contribution in [1.29, 1.82) is 0 Å². The minimum absolute atomic E-state index is 0.0657. The smallest absolute Gasteiger partial charge is 0.125 e. The normalized spacial score (nSPS) is 12.6. The zero-order chi connectivity index (χ0) is 14.8. The quantitative estimate of drug-likeness (QED) is 0.891. The van der Waals surface area contributed by atoms with Gasteiger partial charge in [-0.2, -0.15) is 0 Å². The molecule has 0 saturated carbocycles. The fraction of sp³-hybridized carbons (Fsp3) is 0.647. The van der Waals surface area contributed by atoms with E-state index in [0.29, 0.717) is 0 Å². The Kier molecular flexibility index (Phi) is 4.67. The number of hydrogen-bond donors (Lipinski definition) is 1. The van der Waals surface area contributed by atoms with E-state index < -0.39 is 0 Å². The highest BCUT2D eigenvalue weighted by molar-refractivity contribution is 5.48. The van der Waals surface area contributed by atoms with E-state index in [-0.39, 0.29) is 11.0 Å². The Hall–Kier alpha value is -1.02. The molecule has 0 aliphatic rings. The van der Waals surface area contributed by atoms with Gasteiger partial charge < -0.3 is 10.1 Å². The second kappa shape index (κ2) is 5.54. The van der Waals surface area contributed by atoms with Gasteiger partial charge in [-0.25, -0.2) is 0 Å². The van der Waals surface area contributed by atoms with E-state index in [1.807, 2.05) is 7.05 Å². The molecule has 1 N–H and O–H groups in total. The third-order valence-corrected chi connectivity index (χ3v) is 3.63. The standard InChI is InChI=1S/C17H29NO/c1-12-9-13(11-17(5,6)18-7)15(19-8)14(10-12)16(2,3)4/h9-10,18H,11H2,1-8H3. The molecule has 0 fully saturated rings. The van der Waals surface area contributed by atoms with Gasteiger partial charge in [-0.3, -0.25) is 0 Å². The molecule has 0 heterocycles. The van der Waals surface area contributed by atoms with E-state index in [2.05, 4.69) is 59.0 Å². The van der Waals surface area contributed by atoms with Gasteiger partial charge in [0.25, 0.3) is 0 Å². The molecule has 0 aliphatic carbocycles. The van der Waals surface area contributed by atoms with Crippen LogP contribution in [0.4, 0.5) is 0 Å². The molecule has 2 nitrogen and oxygen atoms in total. The van der Waals surface area contributed by atoms with E-state index >= 15 is 0 Å². The fourth-order valence-corrected chi connectivity index (χ4v) is 2.34. The van der Waals surface area contributed by atoms with E-state index in [1.165, 1.54) is 16.7 Å². The Bertz CT molecular complexity index is 441. The largest absolute Gasteiger partial charge is 0.496 e. The van der Waals surface area contributed by atoms with Crippen molar-refractivity contribution in [2.24, 2.45) is 0 Å². The number of methoxy groups -OCH3 is 1. The van der Waals surface area contributed by atoms with Crippen LogP contribution in [-0.2, 0) is 11.8 Å². The highest BCUT2D eigenvalue weighted by atomic mass is 16.5. The molecule has 19 heavy (non-hydrogen) atoms. The minimum Gasteiger partial charge on any atom is -0.496 e. The van der Waals surface area contributed by atoms with Gasteiger partial charge in [0, 0.05) is 11.1 Å². The van der Waals surface area contributed by atoms with Gasteiger partial charge in [0.1, 0.15) is 5.75 Å². The predicted octanol–water partition coefficient (Wildman–Crippen LogP) is 3.84. The number of hydrogen-bond acceptors (Lipinski definition) is 2. The summed E-state index contributed by atoms with van der Waals surface area (Å²) in [7, 11) is 3.78. The summed E-state index contributed by atoms with van der Waals surface area (Å²) in [5.74, 6) is 1.04. The maximum atomic E-state index is 5.72. The summed E-state index contributed by atoms with van der Waals surface area (Å²) < 4.78 is 5.72. The molecule has 0 amide bonds. The zero-order valence-electron chi connectivity index (χ0n) is 13.8. The molecule has 1 aromatic carbocycles. The molecule has 1 rings (SSSR count). The van der Waals surface area contributed by atoms with Gasteiger partial charge in [0.05, 0.1) is 7.11 Å². The highest BCUT2D eigenvalue weighted by Gasteiger charge is 2.24.